The smallest absolute Gasteiger partial charge is 0.265 e. The summed E-state index contributed by atoms with van der Waals surface area (Å²) >= 11 is 0. The van der Waals surface area contributed by atoms with Gasteiger partial charge < -0.3 is 10.4 Å². The molecule has 0 saturated heterocycles. The number of nitrogens with one attached hydrogen (secondary N) is 2. The van der Waals surface area contributed by atoms with Gasteiger partial charge in [0.15, 0.2) is 5.60 Å². The second-order valence-corrected chi connectivity index (χ2v) is 8.77. The first-order valence-electron chi connectivity index (χ1n) is 9.82. The van der Waals surface area contributed by atoms with Crippen LogP contribution in [0, 0.1) is 0 Å². The highest BCUT2D eigenvalue weighted by Crippen LogP contribution is 2.40. The van der Waals surface area contributed by atoms with Crippen LogP contribution in [-0.4, -0.2) is 25.0 Å². The standard InChI is InChI=1S/C18H20N2O4S.2C2H6/c1-17(2,3)20-25(23,24)13-10-8-12(9-11-13)18(22)14-6-4-5-7-15(14)19-16(18)21;2*1-2/h4-11,20,22H,1-3H3,(H,19,21);2*1-2H3. The van der Waals surface area contributed by atoms with Crippen LogP contribution in [0.15, 0.2) is 53.4 Å². The molecule has 1 heterocycles. The number of para-hydroxylation sites is 1. The summed E-state index contributed by atoms with van der Waals surface area (Å²) in [5, 5.41) is 13.6. The van der Waals surface area contributed by atoms with Gasteiger partial charge in [-0.2, -0.15) is 0 Å². The first-order chi connectivity index (χ1) is 13.5. The van der Waals surface area contributed by atoms with E-state index in [-0.39, 0.29) is 4.90 Å². The molecule has 0 aliphatic carbocycles. The highest BCUT2D eigenvalue weighted by molar-refractivity contribution is 7.89. The molecule has 0 fully saturated rings. The van der Waals surface area contributed by atoms with E-state index < -0.39 is 27.1 Å². The molecule has 2 aromatic rings. The molecule has 1 aliphatic rings. The average molecular weight is 421 g/mol. The maximum Gasteiger partial charge on any atom is 0.265 e. The summed E-state index contributed by atoms with van der Waals surface area (Å²) in [6.07, 6.45) is 0. The number of carbonyl (C=O) groups is 1. The minimum atomic E-state index is -3.68. The van der Waals surface area contributed by atoms with E-state index in [4.69, 9.17) is 0 Å². The van der Waals surface area contributed by atoms with Gasteiger partial charge in [0.25, 0.3) is 5.91 Å². The Balaban J connectivity index is 0.000000989. The molecule has 0 bridgehead atoms. The Morgan fingerprint density at radius 2 is 1.45 bits per heavy atom. The van der Waals surface area contributed by atoms with Crippen LogP contribution in [-0.2, 0) is 20.4 Å². The molecule has 1 amide bonds. The molecule has 0 aromatic heterocycles. The topological polar surface area (TPSA) is 95.5 Å². The van der Waals surface area contributed by atoms with Gasteiger partial charge in [0.05, 0.1) is 4.90 Å². The lowest BCUT2D eigenvalue weighted by molar-refractivity contribution is -0.129. The van der Waals surface area contributed by atoms with Gasteiger partial charge in [0.2, 0.25) is 10.0 Å². The van der Waals surface area contributed by atoms with E-state index >= 15 is 0 Å². The van der Waals surface area contributed by atoms with Crippen molar-refractivity contribution in [2.45, 2.75) is 64.5 Å². The van der Waals surface area contributed by atoms with E-state index in [0.29, 0.717) is 16.8 Å². The third-order valence-electron chi connectivity index (χ3n) is 3.92. The molecule has 6 nitrogen and oxygen atoms in total. The Kier molecular flexibility index (Phi) is 8.15. The molecule has 3 N–H and O–H groups in total. The van der Waals surface area contributed by atoms with Crippen LogP contribution in [0.4, 0.5) is 5.69 Å². The number of rotatable bonds is 3. The van der Waals surface area contributed by atoms with Crippen molar-refractivity contribution >= 4 is 21.6 Å². The second-order valence-electron chi connectivity index (χ2n) is 7.09. The van der Waals surface area contributed by atoms with E-state index in [9.17, 15) is 18.3 Å². The van der Waals surface area contributed by atoms with Crippen LogP contribution < -0.4 is 10.0 Å². The summed E-state index contributed by atoms with van der Waals surface area (Å²) in [6, 6.07) is 12.5. The Hall–Kier alpha value is -2.22. The fourth-order valence-electron chi connectivity index (χ4n) is 2.87. The normalized spacial score (nSPS) is 17.9. The van der Waals surface area contributed by atoms with Crippen molar-refractivity contribution in [3.63, 3.8) is 0 Å². The van der Waals surface area contributed by atoms with Gasteiger partial charge in [0.1, 0.15) is 0 Å². The summed E-state index contributed by atoms with van der Waals surface area (Å²) in [4.78, 5) is 12.4. The van der Waals surface area contributed by atoms with Crippen molar-refractivity contribution in [1.82, 2.24) is 4.72 Å². The Morgan fingerprint density at radius 1 is 0.931 bits per heavy atom. The van der Waals surface area contributed by atoms with Crippen LogP contribution in [0.2, 0.25) is 0 Å². The average Bonchev–Trinajstić information content (AvgIpc) is 2.95. The fourth-order valence-corrected chi connectivity index (χ4v) is 4.29. The molecule has 0 radical (unpaired) electrons. The molecule has 3 rings (SSSR count). The van der Waals surface area contributed by atoms with Crippen molar-refractivity contribution in [2.24, 2.45) is 0 Å². The summed E-state index contributed by atoms with van der Waals surface area (Å²) in [6.45, 7) is 13.3. The van der Waals surface area contributed by atoms with E-state index in [1.807, 2.05) is 27.7 Å². The van der Waals surface area contributed by atoms with Gasteiger partial charge in [0, 0.05) is 16.8 Å². The van der Waals surface area contributed by atoms with Crippen molar-refractivity contribution in [3.8, 4) is 0 Å². The molecule has 160 valence electrons. The molecule has 29 heavy (non-hydrogen) atoms. The van der Waals surface area contributed by atoms with Crippen LogP contribution in [0.1, 0.15) is 59.6 Å². The van der Waals surface area contributed by atoms with Crippen molar-refractivity contribution < 1.29 is 18.3 Å². The predicted octanol–water partition coefficient (Wildman–Crippen LogP) is 4.00. The predicted molar refractivity (Wildman–Crippen MR) is 117 cm³/mol. The lowest BCUT2D eigenvalue weighted by Gasteiger charge is -2.23. The lowest BCUT2D eigenvalue weighted by Crippen LogP contribution is -2.40. The number of amides is 1. The largest absolute Gasteiger partial charge is 0.372 e. The van der Waals surface area contributed by atoms with E-state index in [1.54, 1.807) is 45.0 Å². The van der Waals surface area contributed by atoms with Crippen LogP contribution >= 0.6 is 0 Å². The van der Waals surface area contributed by atoms with Gasteiger partial charge in [-0.25, -0.2) is 13.1 Å². The van der Waals surface area contributed by atoms with Gasteiger partial charge in [-0.1, -0.05) is 58.0 Å². The van der Waals surface area contributed by atoms with Gasteiger partial charge in [-0.05, 0) is 44.5 Å². The molecule has 0 spiro atoms. The highest BCUT2D eigenvalue weighted by Gasteiger charge is 2.46. The SMILES string of the molecule is CC.CC.CC(C)(C)NS(=O)(=O)c1ccc(C2(O)C(=O)Nc3ccccc32)cc1. The molecule has 1 unspecified atom stereocenters. The first kappa shape index (κ1) is 24.8. The zero-order chi connectivity index (χ0) is 22.5. The van der Waals surface area contributed by atoms with Gasteiger partial charge in [-0.3, -0.25) is 4.79 Å². The summed E-state index contributed by atoms with van der Waals surface area (Å²) < 4.78 is 27.3. The van der Waals surface area contributed by atoms with Crippen molar-refractivity contribution in [3.05, 3.63) is 59.7 Å². The molecule has 2 aromatic carbocycles. The Labute approximate surface area is 174 Å². The van der Waals surface area contributed by atoms with Crippen LogP contribution in [0.25, 0.3) is 0 Å². The summed E-state index contributed by atoms with van der Waals surface area (Å²) in [7, 11) is -3.68. The number of fused-ring (bicyclic) bond motifs is 1. The van der Waals surface area contributed by atoms with Crippen LogP contribution in [0.3, 0.4) is 0 Å². The Bertz CT molecular complexity index is 932. The number of sulfonamides is 1. The summed E-state index contributed by atoms with van der Waals surface area (Å²) in [5.41, 5.74) is -1.15. The second kappa shape index (κ2) is 9.52. The Morgan fingerprint density at radius 3 is 1.97 bits per heavy atom. The molecule has 0 saturated carbocycles. The van der Waals surface area contributed by atoms with Crippen LogP contribution in [0.5, 0.6) is 0 Å². The van der Waals surface area contributed by atoms with Crippen molar-refractivity contribution in [1.29, 1.82) is 0 Å². The molecule has 1 aliphatic heterocycles. The number of hydrogen-bond donors (Lipinski definition) is 3. The molecular formula is C22H32N2O4S. The maximum absolute atomic E-state index is 12.4. The third-order valence-corrected chi connectivity index (χ3v) is 5.69. The lowest BCUT2D eigenvalue weighted by atomic mass is 9.88. The number of carbonyl (C=O) groups excluding carboxylic acids is 1. The summed E-state index contributed by atoms with van der Waals surface area (Å²) in [5.74, 6) is -0.558. The van der Waals surface area contributed by atoms with E-state index in [0.717, 1.165) is 0 Å². The van der Waals surface area contributed by atoms with Gasteiger partial charge in [-0.15, -0.1) is 0 Å². The first-order valence-corrected chi connectivity index (χ1v) is 11.3. The minimum absolute atomic E-state index is 0.0708. The monoisotopic (exact) mass is 420 g/mol. The molecule has 7 heteroatoms. The minimum Gasteiger partial charge on any atom is -0.372 e. The number of aliphatic hydroxyl groups is 1. The van der Waals surface area contributed by atoms with E-state index in [1.165, 1.54) is 24.3 Å². The maximum atomic E-state index is 12.4. The molecule has 1 atom stereocenters. The zero-order valence-electron chi connectivity index (χ0n) is 18.2. The van der Waals surface area contributed by atoms with Crippen molar-refractivity contribution in [2.75, 3.05) is 5.32 Å². The number of benzene rings is 2. The number of anilines is 1. The zero-order valence-corrected chi connectivity index (χ0v) is 19.0. The number of hydrogen-bond acceptors (Lipinski definition) is 4. The fraction of sp³-hybridized carbons (Fsp3) is 0.409. The highest BCUT2D eigenvalue weighted by atomic mass is 32.2. The van der Waals surface area contributed by atoms with Gasteiger partial charge >= 0.3 is 0 Å². The quantitative estimate of drug-likeness (QED) is 0.699. The third kappa shape index (κ3) is 5.23. The molecular weight excluding hydrogens is 388 g/mol. The van der Waals surface area contributed by atoms with E-state index in [2.05, 4.69) is 10.0 Å².